The summed E-state index contributed by atoms with van der Waals surface area (Å²) in [6.45, 7) is 5.41. The van der Waals surface area contributed by atoms with Gasteiger partial charge in [-0.2, -0.15) is 0 Å². The summed E-state index contributed by atoms with van der Waals surface area (Å²) in [6, 6.07) is 28.6. The van der Waals surface area contributed by atoms with Gasteiger partial charge >= 0.3 is 0 Å². The highest BCUT2D eigenvalue weighted by Gasteiger charge is 2.25. The number of thiazole rings is 1. The van der Waals surface area contributed by atoms with Gasteiger partial charge in [-0.25, -0.2) is 4.98 Å². The lowest BCUT2D eigenvalue weighted by molar-refractivity contribution is 0.0741. The summed E-state index contributed by atoms with van der Waals surface area (Å²) in [5.74, 6) is 2.36. The van der Waals surface area contributed by atoms with Gasteiger partial charge in [0, 0.05) is 43.7 Å². The number of hydrogen-bond acceptors (Lipinski definition) is 8. The lowest BCUT2D eigenvalue weighted by Gasteiger charge is -2.36. The number of benzene rings is 3. The number of ether oxygens (including phenoxy) is 1. The number of rotatable bonds is 10. The smallest absolute Gasteiger partial charge is 0.273 e. The van der Waals surface area contributed by atoms with Gasteiger partial charge in [0.05, 0.1) is 18.0 Å². The van der Waals surface area contributed by atoms with Crippen LogP contribution in [0.1, 0.15) is 33.8 Å². The summed E-state index contributed by atoms with van der Waals surface area (Å²) in [6.07, 6.45) is 0.684. The van der Waals surface area contributed by atoms with Crippen molar-refractivity contribution in [2.75, 3.05) is 37.7 Å². The average molecular weight is 597 g/mol. The molecule has 1 amide bonds. The van der Waals surface area contributed by atoms with Gasteiger partial charge in [0.25, 0.3) is 5.91 Å². The highest BCUT2D eigenvalue weighted by atomic mass is 32.2. The molecule has 1 aliphatic heterocycles. The molecular weight excluding hydrogens is 565 g/mol. The van der Waals surface area contributed by atoms with E-state index in [1.54, 1.807) is 11.8 Å². The molecule has 1 saturated heterocycles. The van der Waals surface area contributed by atoms with Crippen molar-refractivity contribution in [2.45, 2.75) is 24.3 Å². The first kappa shape index (κ1) is 28.0. The largest absolute Gasteiger partial charge is 0.492 e. The third kappa shape index (κ3) is 6.34. The zero-order chi connectivity index (χ0) is 28.7. The Bertz CT molecular complexity index is 1610. The fourth-order valence-corrected chi connectivity index (χ4v) is 6.79. The van der Waals surface area contributed by atoms with Crippen LogP contribution in [0.2, 0.25) is 0 Å². The van der Waals surface area contributed by atoms with E-state index in [9.17, 15) is 4.79 Å². The first-order chi connectivity index (χ1) is 20.7. The van der Waals surface area contributed by atoms with Crippen LogP contribution >= 0.6 is 23.1 Å². The van der Waals surface area contributed by atoms with Crippen molar-refractivity contribution in [3.8, 4) is 11.4 Å². The predicted octanol–water partition coefficient (Wildman–Crippen LogP) is 5.97. The van der Waals surface area contributed by atoms with E-state index in [0.29, 0.717) is 37.6 Å². The number of amides is 1. The Hall–Kier alpha value is -4.15. The van der Waals surface area contributed by atoms with Gasteiger partial charge in [-0.3, -0.25) is 9.36 Å². The molecule has 2 aromatic heterocycles. The van der Waals surface area contributed by atoms with Crippen LogP contribution in [0.5, 0.6) is 5.75 Å². The fourth-order valence-electron chi connectivity index (χ4n) is 5.03. The van der Waals surface area contributed by atoms with Crippen LogP contribution in [0.25, 0.3) is 5.69 Å². The molecule has 0 N–H and O–H groups in total. The third-order valence-electron chi connectivity index (χ3n) is 7.09. The molecule has 0 unspecified atom stereocenters. The molecule has 0 bridgehead atoms. The monoisotopic (exact) mass is 596 g/mol. The summed E-state index contributed by atoms with van der Waals surface area (Å²) >= 11 is 3.10. The van der Waals surface area contributed by atoms with Gasteiger partial charge in [0.15, 0.2) is 5.16 Å². The number of aromatic nitrogens is 4. The van der Waals surface area contributed by atoms with Crippen LogP contribution in [0.15, 0.2) is 95.5 Å². The average Bonchev–Trinajstić information content (AvgIpc) is 3.68. The second-order valence-electron chi connectivity index (χ2n) is 9.83. The normalized spacial score (nSPS) is 13.4. The van der Waals surface area contributed by atoms with E-state index in [-0.39, 0.29) is 5.91 Å². The number of hydrogen-bond donors (Lipinski definition) is 0. The van der Waals surface area contributed by atoms with Crippen LogP contribution in [-0.2, 0) is 12.2 Å². The molecule has 1 aliphatic rings. The lowest BCUT2D eigenvalue weighted by Crippen LogP contribution is -2.49. The van der Waals surface area contributed by atoms with E-state index in [0.717, 1.165) is 46.2 Å². The first-order valence-electron chi connectivity index (χ1n) is 14.1. The van der Waals surface area contributed by atoms with Gasteiger partial charge in [0.2, 0.25) is 0 Å². The maximum absolute atomic E-state index is 13.3. The molecular formula is C32H32N6O2S2. The summed E-state index contributed by atoms with van der Waals surface area (Å²) in [5.41, 5.74) is 3.79. The number of thioether (sulfide) groups is 1. The van der Waals surface area contributed by atoms with Crippen LogP contribution in [0.4, 0.5) is 5.69 Å². The lowest BCUT2D eigenvalue weighted by atomic mass is 10.1. The number of piperazine rings is 1. The molecule has 0 saturated carbocycles. The van der Waals surface area contributed by atoms with E-state index in [2.05, 4.69) is 50.0 Å². The topological polar surface area (TPSA) is 76.4 Å². The van der Waals surface area contributed by atoms with Crippen molar-refractivity contribution in [1.29, 1.82) is 0 Å². The quantitative estimate of drug-likeness (QED) is 0.184. The maximum atomic E-state index is 13.3. The first-order valence-corrected chi connectivity index (χ1v) is 15.9. The molecule has 0 atom stereocenters. The molecule has 0 radical (unpaired) electrons. The zero-order valence-corrected chi connectivity index (χ0v) is 25.1. The van der Waals surface area contributed by atoms with Gasteiger partial charge in [0.1, 0.15) is 22.3 Å². The molecule has 3 aromatic carbocycles. The van der Waals surface area contributed by atoms with Crippen molar-refractivity contribution < 1.29 is 9.53 Å². The Balaban J connectivity index is 1.10. The van der Waals surface area contributed by atoms with Gasteiger partial charge < -0.3 is 14.5 Å². The minimum absolute atomic E-state index is 0.0159. The summed E-state index contributed by atoms with van der Waals surface area (Å²) < 4.78 is 7.92. The molecule has 214 valence electrons. The Morgan fingerprint density at radius 2 is 1.62 bits per heavy atom. The van der Waals surface area contributed by atoms with E-state index in [1.807, 2.05) is 71.8 Å². The number of carbonyl (C=O) groups is 1. The SMILES string of the molecule is CCOc1ccccc1N1CCN(C(=O)c2csc(CSc3nnc(Cc4ccccc4)n3-c3ccccc3)n2)CC1. The minimum Gasteiger partial charge on any atom is -0.492 e. The summed E-state index contributed by atoms with van der Waals surface area (Å²) in [7, 11) is 0. The van der Waals surface area contributed by atoms with E-state index >= 15 is 0 Å². The van der Waals surface area contributed by atoms with Crippen molar-refractivity contribution in [2.24, 2.45) is 0 Å². The number of carbonyl (C=O) groups excluding carboxylic acids is 1. The molecule has 42 heavy (non-hydrogen) atoms. The van der Waals surface area contributed by atoms with Crippen LogP contribution < -0.4 is 9.64 Å². The highest BCUT2D eigenvalue weighted by Crippen LogP contribution is 2.30. The van der Waals surface area contributed by atoms with Crippen LogP contribution in [0.3, 0.4) is 0 Å². The van der Waals surface area contributed by atoms with Crippen LogP contribution in [0, 0.1) is 0 Å². The van der Waals surface area contributed by atoms with Gasteiger partial charge in [-0.15, -0.1) is 21.5 Å². The van der Waals surface area contributed by atoms with Crippen molar-refractivity contribution in [3.05, 3.63) is 112 Å². The number of para-hydroxylation sites is 3. The molecule has 8 nitrogen and oxygen atoms in total. The van der Waals surface area contributed by atoms with Gasteiger partial charge in [-0.05, 0) is 36.8 Å². The van der Waals surface area contributed by atoms with Crippen molar-refractivity contribution in [3.63, 3.8) is 0 Å². The molecule has 0 aliphatic carbocycles. The molecule has 0 spiro atoms. The zero-order valence-electron chi connectivity index (χ0n) is 23.4. The van der Waals surface area contributed by atoms with Gasteiger partial charge in [-0.1, -0.05) is 72.4 Å². The number of nitrogens with zero attached hydrogens (tertiary/aromatic N) is 6. The third-order valence-corrected chi connectivity index (χ3v) is 9.06. The molecule has 3 heterocycles. The van der Waals surface area contributed by atoms with Crippen molar-refractivity contribution in [1.82, 2.24) is 24.6 Å². The minimum atomic E-state index is -0.0159. The van der Waals surface area contributed by atoms with E-state index < -0.39 is 0 Å². The van der Waals surface area contributed by atoms with E-state index in [1.165, 1.54) is 16.9 Å². The predicted molar refractivity (Wildman–Crippen MR) is 168 cm³/mol. The molecule has 5 aromatic rings. The van der Waals surface area contributed by atoms with Crippen molar-refractivity contribution >= 4 is 34.7 Å². The second-order valence-corrected chi connectivity index (χ2v) is 11.7. The molecule has 6 rings (SSSR count). The highest BCUT2D eigenvalue weighted by molar-refractivity contribution is 7.98. The molecule has 10 heteroatoms. The fraction of sp³-hybridized carbons (Fsp3) is 0.250. The summed E-state index contributed by atoms with van der Waals surface area (Å²) in [4.78, 5) is 22.2. The van der Waals surface area contributed by atoms with Crippen LogP contribution in [-0.4, -0.2) is 63.3 Å². The Morgan fingerprint density at radius 1 is 0.905 bits per heavy atom. The summed E-state index contributed by atoms with van der Waals surface area (Å²) in [5, 5.41) is 12.6. The molecule has 1 fully saturated rings. The number of anilines is 1. The Labute approximate surface area is 254 Å². The standard InChI is InChI=1S/C32H32N6O2S2/c1-2-40-28-16-10-9-15-27(28)36-17-19-37(20-18-36)31(39)26-22-41-30(33-26)23-42-32-35-34-29(21-24-11-5-3-6-12-24)38(32)25-13-7-4-8-14-25/h3-16,22H,2,17-21,23H2,1H3. The van der Waals surface area contributed by atoms with E-state index in [4.69, 9.17) is 9.72 Å². The Morgan fingerprint density at radius 3 is 2.38 bits per heavy atom. The maximum Gasteiger partial charge on any atom is 0.273 e. The Kier molecular flexibility index (Phi) is 8.81. The second kappa shape index (κ2) is 13.2.